The number of carbonyl (C=O) groups is 1. The summed E-state index contributed by atoms with van der Waals surface area (Å²) in [6.45, 7) is 2.28. The molecule has 92 valence electrons. The van der Waals surface area contributed by atoms with E-state index in [4.69, 9.17) is 5.73 Å². The van der Waals surface area contributed by atoms with E-state index < -0.39 is 4.92 Å². The van der Waals surface area contributed by atoms with E-state index in [-0.39, 0.29) is 11.6 Å². The summed E-state index contributed by atoms with van der Waals surface area (Å²) >= 11 is 0. The maximum Gasteiger partial charge on any atom is 0.287 e. The van der Waals surface area contributed by atoms with E-state index in [0.29, 0.717) is 30.8 Å². The second kappa shape index (κ2) is 5.78. The molecule has 0 aliphatic rings. The summed E-state index contributed by atoms with van der Waals surface area (Å²) in [6, 6.07) is 1.45. The van der Waals surface area contributed by atoms with E-state index in [9.17, 15) is 14.9 Å². The second-order valence-electron chi connectivity index (χ2n) is 3.61. The summed E-state index contributed by atoms with van der Waals surface area (Å²) in [5, 5.41) is 13.5. The van der Waals surface area contributed by atoms with Crippen LogP contribution in [0.3, 0.4) is 0 Å². The van der Waals surface area contributed by atoms with Crippen molar-refractivity contribution in [1.29, 1.82) is 0 Å². The first-order valence-corrected chi connectivity index (χ1v) is 5.14. The molecule has 0 aliphatic carbocycles. The van der Waals surface area contributed by atoms with Crippen LogP contribution in [0.25, 0.3) is 0 Å². The van der Waals surface area contributed by atoms with Gasteiger partial charge in [0, 0.05) is 19.0 Å². The molecule has 0 atom stereocenters. The number of rotatable bonds is 6. The lowest BCUT2D eigenvalue weighted by molar-refractivity contribution is -0.385. The molecule has 1 amide bonds. The molecular formula is C10H14N4O3. The SMILES string of the molecule is Cc1cc([N+](=O)[O-])cnc1NCCCC(N)=O. The van der Waals surface area contributed by atoms with Crippen molar-refractivity contribution in [3.05, 3.63) is 27.9 Å². The highest BCUT2D eigenvalue weighted by Crippen LogP contribution is 2.17. The Kier molecular flexibility index (Phi) is 4.38. The number of nitrogens with one attached hydrogen (secondary N) is 1. The van der Waals surface area contributed by atoms with Crippen molar-refractivity contribution >= 4 is 17.4 Å². The van der Waals surface area contributed by atoms with Gasteiger partial charge >= 0.3 is 0 Å². The third-order valence-corrected chi connectivity index (χ3v) is 2.17. The van der Waals surface area contributed by atoms with Gasteiger partial charge in [0.15, 0.2) is 0 Å². The molecule has 0 aliphatic heterocycles. The standard InChI is InChI=1S/C10H14N4O3/c1-7-5-8(14(16)17)6-13-10(7)12-4-2-3-9(11)15/h5-6H,2-4H2,1H3,(H2,11,15)(H,12,13). The zero-order valence-electron chi connectivity index (χ0n) is 9.47. The molecule has 0 fully saturated rings. The Labute approximate surface area is 98.2 Å². The van der Waals surface area contributed by atoms with Gasteiger partial charge in [0.1, 0.15) is 12.0 Å². The van der Waals surface area contributed by atoms with Crippen molar-refractivity contribution in [3.63, 3.8) is 0 Å². The fourth-order valence-corrected chi connectivity index (χ4v) is 1.31. The predicted octanol–water partition coefficient (Wildman–Crippen LogP) is 0.976. The number of nitro groups is 1. The maximum absolute atomic E-state index is 10.5. The van der Waals surface area contributed by atoms with E-state index >= 15 is 0 Å². The van der Waals surface area contributed by atoms with Gasteiger partial charge in [-0.3, -0.25) is 14.9 Å². The average molecular weight is 238 g/mol. The van der Waals surface area contributed by atoms with Gasteiger partial charge in [0.2, 0.25) is 5.91 Å². The van der Waals surface area contributed by atoms with Gasteiger partial charge in [-0.05, 0) is 18.9 Å². The Morgan fingerprint density at radius 1 is 1.65 bits per heavy atom. The second-order valence-corrected chi connectivity index (χ2v) is 3.61. The molecule has 7 heteroatoms. The Bertz CT molecular complexity index is 434. The van der Waals surface area contributed by atoms with E-state index in [2.05, 4.69) is 10.3 Å². The highest BCUT2D eigenvalue weighted by Gasteiger charge is 2.08. The molecule has 0 aromatic carbocycles. The summed E-state index contributed by atoms with van der Waals surface area (Å²) in [5.41, 5.74) is 5.65. The molecular weight excluding hydrogens is 224 g/mol. The zero-order chi connectivity index (χ0) is 12.8. The van der Waals surface area contributed by atoms with Crippen LogP contribution in [0, 0.1) is 17.0 Å². The monoisotopic (exact) mass is 238 g/mol. The lowest BCUT2D eigenvalue weighted by atomic mass is 10.2. The van der Waals surface area contributed by atoms with Crippen LogP contribution in [0.15, 0.2) is 12.3 Å². The summed E-state index contributed by atoms with van der Waals surface area (Å²) in [7, 11) is 0. The van der Waals surface area contributed by atoms with E-state index in [1.54, 1.807) is 6.92 Å². The van der Waals surface area contributed by atoms with Crippen molar-refractivity contribution < 1.29 is 9.72 Å². The van der Waals surface area contributed by atoms with Gasteiger partial charge in [0.25, 0.3) is 5.69 Å². The summed E-state index contributed by atoms with van der Waals surface area (Å²) in [4.78, 5) is 24.5. The van der Waals surface area contributed by atoms with Crippen molar-refractivity contribution in [2.75, 3.05) is 11.9 Å². The first-order chi connectivity index (χ1) is 8.00. The molecule has 0 radical (unpaired) electrons. The van der Waals surface area contributed by atoms with E-state index in [0.717, 1.165) is 0 Å². The van der Waals surface area contributed by atoms with Crippen LogP contribution in [0.5, 0.6) is 0 Å². The number of pyridine rings is 1. The van der Waals surface area contributed by atoms with Crippen molar-refractivity contribution in [1.82, 2.24) is 4.98 Å². The minimum absolute atomic E-state index is 0.0369. The molecule has 1 rings (SSSR count). The number of amides is 1. The first-order valence-electron chi connectivity index (χ1n) is 5.14. The van der Waals surface area contributed by atoms with Crippen molar-refractivity contribution in [2.45, 2.75) is 19.8 Å². The summed E-state index contributed by atoms with van der Waals surface area (Å²) in [6.07, 6.45) is 2.11. The fraction of sp³-hybridized carbons (Fsp3) is 0.400. The number of aryl methyl sites for hydroxylation is 1. The quantitative estimate of drug-likeness (QED) is 0.436. The number of hydrogen-bond donors (Lipinski definition) is 2. The van der Waals surface area contributed by atoms with Crippen LogP contribution in [0.2, 0.25) is 0 Å². The molecule has 0 unspecified atom stereocenters. The lowest BCUT2D eigenvalue weighted by Crippen LogP contribution is -2.13. The Hall–Kier alpha value is -2.18. The van der Waals surface area contributed by atoms with Gasteiger partial charge in [-0.1, -0.05) is 0 Å². The van der Waals surface area contributed by atoms with Crippen LogP contribution in [-0.2, 0) is 4.79 Å². The first kappa shape index (κ1) is 12.9. The minimum Gasteiger partial charge on any atom is -0.370 e. The number of hydrogen-bond acceptors (Lipinski definition) is 5. The Morgan fingerprint density at radius 3 is 2.88 bits per heavy atom. The third kappa shape index (κ3) is 4.06. The van der Waals surface area contributed by atoms with Gasteiger partial charge < -0.3 is 11.1 Å². The number of anilines is 1. The molecule has 0 spiro atoms. The zero-order valence-corrected chi connectivity index (χ0v) is 9.47. The lowest BCUT2D eigenvalue weighted by Gasteiger charge is -2.07. The maximum atomic E-state index is 10.5. The number of primary amides is 1. The Morgan fingerprint density at radius 2 is 2.35 bits per heavy atom. The van der Waals surface area contributed by atoms with Crippen molar-refractivity contribution in [3.8, 4) is 0 Å². The fourth-order valence-electron chi connectivity index (χ4n) is 1.31. The van der Waals surface area contributed by atoms with Crippen molar-refractivity contribution in [2.24, 2.45) is 5.73 Å². The summed E-state index contributed by atoms with van der Waals surface area (Å²) < 4.78 is 0. The Balaban J connectivity index is 2.54. The molecule has 1 aromatic heterocycles. The minimum atomic E-state index is -0.489. The van der Waals surface area contributed by atoms with E-state index in [1.165, 1.54) is 12.3 Å². The summed E-state index contributed by atoms with van der Waals surface area (Å²) in [5.74, 6) is 0.236. The highest BCUT2D eigenvalue weighted by atomic mass is 16.6. The largest absolute Gasteiger partial charge is 0.370 e. The van der Waals surface area contributed by atoms with Crippen LogP contribution in [0.1, 0.15) is 18.4 Å². The number of aromatic nitrogens is 1. The van der Waals surface area contributed by atoms with Crippen LogP contribution < -0.4 is 11.1 Å². The van der Waals surface area contributed by atoms with Crippen LogP contribution in [-0.4, -0.2) is 22.4 Å². The topological polar surface area (TPSA) is 111 Å². The molecule has 7 nitrogen and oxygen atoms in total. The smallest absolute Gasteiger partial charge is 0.287 e. The molecule has 0 saturated heterocycles. The molecule has 17 heavy (non-hydrogen) atoms. The number of nitrogens with zero attached hydrogens (tertiary/aromatic N) is 2. The number of nitrogens with two attached hydrogens (primary N) is 1. The third-order valence-electron chi connectivity index (χ3n) is 2.17. The average Bonchev–Trinajstić information content (AvgIpc) is 2.25. The van der Waals surface area contributed by atoms with E-state index in [1.807, 2.05) is 0 Å². The van der Waals surface area contributed by atoms with Gasteiger partial charge in [-0.2, -0.15) is 0 Å². The van der Waals surface area contributed by atoms with Crippen LogP contribution in [0.4, 0.5) is 11.5 Å². The van der Waals surface area contributed by atoms with Gasteiger partial charge in [-0.15, -0.1) is 0 Å². The molecule has 1 heterocycles. The van der Waals surface area contributed by atoms with Gasteiger partial charge in [-0.25, -0.2) is 4.98 Å². The normalized spacial score (nSPS) is 9.94. The predicted molar refractivity (Wildman–Crippen MR) is 62.5 cm³/mol. The number of carbonyl (C=O) groups excluding carboxylic acids is 1. The molecule has 0 saturated carbocycles. The van der Waals surface area contributed by atoms with Crippen LogP contribution >= 0.6 is 0 Å². The van der Waals surface area contributed by atoms with Gasteiger partial charge in [0.05, 0.1) is 4.92 Å². The molecule has 3 N–H and O–H groups in total. The molecule has 1 aromatic rings. The highest BCUT2D eigenvalue weighted by molar-refractivity contribution is 5.73. The molecule has 0 bridgehead atoms.